The number of nitro groups is 1. The van der Waals surface area contributed by atoms with E-state index in [2.05, 4.69) is 29.3 Å². The Morgan fingerprint density at radius 1 is 1.46 bits per heavy atom. The summed E-state index contributed by atoms with van der Waals surface area (Å²) in [7, 11) is 1.45. The first-order valence-corrected chi connectivity index (χ1v) is 10.0. The molecule has 1 N–H and O–H groups in total. The third-order valence-electron chi connectivity index (χ3n) is 7.75. The van der Waals surface area contributed by atoms with Gasteiger partial charge in [-0.2, -0.15) is 0 Å². The van der Waals surface area contributed by atoms with Crippen molar-refractivity contribution >= 4 is 17.3 Å². The molecule has 1 saturated carbocycles. The van der Waals surface area contributed by atoms with Gasteiger partial charge in [0.05, 0.1) is 24.0 Å². The smallest absolute Gasteiger partial charge is 0.310 e. The highest BCUT2D eigenvalue weighted by Gasteiger charge is 2.69. The van der Waals surface area contributed by atoms with E-state index >= 15 is 0 Å². The molecule has 3 aliphatic heterocycles. The highest BCUT2D eigenvalue weighted by Crippen LogP contribution is 2.64. The van der Waals surface area contributed by atoms with E-state index in [1.807, 2.05) is 6.07 Å². The SMILES string of the molecule is CC[C@]12C=CCN3CC[C@@]4(c5cc([N+](=O)[O-])ccc5N[C@H]4[C@H](C(=O)OC)C1)[C@@H]32. The minimum Gasteiger partial charge on any atom is -0.469 e. The van der Waals surface area contributed by atoms with Crippen LogP contribution in [0.3, 0.4) is 0 Å². The van der Waals surface area contributed by atoms with Gasteiger partial charge in [0, 0.05) is 41.2 Å². The monoisotopic (exact) mass is 383 g/mol. The van der Waals surface area contributed by atoms with Gasteiger partial charge in [-0.25, -0.2) is 0 Å². The van der Waals surface area contributed by atoms with Crippen LogP contribution < -0.4 is 5.32 Å². The van der Waals surface area contributed by atoms with Crippen molar-refractivity contribution in [1.82, 2.24) is 4.90 Å². The van der Waals surface area contributed by atoms with Crippen LogP contribution in [0.4, 0.5) is 11.4 Å². The molecule has 5 rings (SSSR count). The van der Waals surface area contributed by atoms with Crippen molar-refractivity contribution in [3.05, 3.63) is 46.0 Å². The molecule has 148 valence electrons. The molecule has 0 radical (unpaired) electrons. The Kier molecular flexibility index (Phi) is 3.66. The molecule has 1 aromatic carbocycles. The molecular weight excluding hydrogens is 358 g/mol. The summed E-state index contributed by atoms with van der Waals surface area (Å²) in [5, 5.41) is 15.1. The molecule has 5 atom stereocenters. The van der Waals surface area contributed by atoms with Gasteiger partial charge in [0.15, 0.2) is 0 Å². The number of fused-ring (bicyclic) bond motifs is 1. The standard InChI is InChI=1S/C21H25N3O4/c1-3-20-7-4-9-23-10-8-21(19(20)23)15-11-13(24(26)27)5-6-16(15)22-17(21)14(12-20)18(25)28-2/h4-7,11,14,17,19,22H,3,8-10,12H2,1-2H3/t14-,17+,19+,20+,21+/m1/s1. The maximum absolute atomic E-state index is 12.8. The number of carbonyl (C=O) groups is 1. The Morgan fingerprint density at radius 3 is 3.00 bits per heavy atom. The molecular formula is C21H25N3O4. The van der Waals surface area contributed by atoms with E-state index in [4.69, 9.17) is 4.74 Å². The maximum Gasteiger partial charge on any atom is 0.310 e. The zero-order chi connectivity index (χ0) is 19.7. The van der Waals surface area contributed by atoms with Gasteiger partial charge in [-0.15, -0.1) is 0 Å². The molecule has 4 aliphatic rings. The van der Waals surface area contributed by atoms with Gasteiger partial charge < -0.3 is 10.1 Å². The lowest BCUT2D eigenvalue weighted by Crippen LogP contribution is -2.66. The number of nitro benzene ring substituents is 1. The number of hydrogen-bond donors (Lipinski definition) is 1. The van der Waals surface area contributed by atoms with E-state index in [1.165, 1.54) is 7.11 Å². The summed E-state index contributed by atoms with van der Waals surface area (Å²) in [6, 6.07) is 5.23. The summed E-state index contributed by atoms with van der Waals surface area (Å²) >= 11 is 0. The number of methoxy groups -OCH3 is 1. The summed E-state index contributed by atoms with van der Waals surface area (Å²) in [5.41, 5.74) is 1.59. The Balaban J connectivity index is 1.75. The molecule has 7 nitrogen and oxygen atoms in total. The Labute approximate surface area is 163 Å². The van der Waals surface area contributed by atoms with Crippen LogP contribution in [0, 0.1) is 21.4 Å². The fraction of sp³-hybridized carbons (Fsp3) is 0.571. The largest absolute Gasteiger partial charge is 0.469 e. The van der Waals surface area contributed by atoms with Crippen molar-refractivity contribution in [2.45, 2.75) is 43.7 Å². The maximum atomic E-state index is 12.8. The molecule has 0 bridgehead atoms. The predicted octanol–water partition coefficient (Wildman–Crippen LogP) is 2.86. The van der Waals surface area contributed by atoms with Gasteiger partial charge in [-0.1, -0.05) is 19.1 Å². The third-order valence-corrected chi connectivity index (χ3v) is 7.75. The highest BCUT2D eigenvalue weighted by atomic mass is 16.6. The number of rotatable bonds is 3. The van der Waals surface area contributed by atoms with Gasteiger partial charge in [0.1, 0.15) is 0 Å². The van der Waals surface area contributed by atoms with Gasteiger partial charge in [-0.3, -0.25) is 19.8 Å². The van der Waals surface area contributed by atoms with Crippen LogP contribution in [0.15, 0.2) is 30.4 Å². The van der Waals surface area contributed by atoms with Crippen molar-refractivity contribution in [2.75, 3.05) is 25.5 Å². The second-order valence-electron chi connectivity index (χ2n) is 8.62. The molecule has 0 amide bonds. The van der Waals surface area contributed by atoms with Crippen LogP contribution in [-0.4, -0.2) is 48.1 Å². The van der Waals surface area contributed by atoms with Crippen molar-refractivity contribution in [3.63, 3.8) is 0 Å². The molecule has 28 heavy (non-hydrogen) atoms. The molecule has 2 fully saturated rings. The predicted molar refractivity (Wildman–Crippen MR) is 104 cm³/mol. The summed E-state index contributed by atoms with van der Waals surface area (Å²) < 4.78 is 5.21. The number of nitrogens with zero attached hydrogens (tertiary/aromatic N) is 2. The Hall–Kier alpha value is -2.41. The molecule has 1 aliphatic carbocycles. The normalized spacial score (nSPS) is 37.6. The van der Waals surface area contributed by atoms with Gasteiger partial charge >= 0.3 is 5.97 Å². The molecule has 3 heterocycles. The number of hydrogen-bond acceptors (Lipinski definition) is 6. The van der Waals surface area contributed by atoms with Crippen molar-refractivity contribution in [2.24, 2.45) is 11.3 Å². The Morgan fingerprint density at radius 2 is 2.29 bits per heavy atom. The third kappa shape index (κ3) is 2.00. The zero-order valence-corrected chi connectivity index (χ0v) is 16.2. The molecule has 1 aromatic rings. The first-order valence-electron chi connectivity index (χ1n) is 10.0. The van der Waals surface area contributed by atoms with Gasteiger partial charge in [-0.05, 0) is 37.4 Å². The fourth-order valence-electron chi connectivity index (χ4n) is 6.73. The van der Waals surface area contributed by atoms with Crippen LogP contribution >= 0.6 is 0 Å². The molecule has 7 heteroatoms. The quantitative estimate of drug-likeness (QED) is 0.374. The van der Waals surface area contributed by atoms with E-state index in [1.54, 1.807) is 12.1 Å². The summed E-state index contributed by atoms with van der Waals surface area (Å²) in [6.07, 6.45) is 7.09. The molecule has 1 spiro atoms. The first-order chi connectivity index (χ1) is 13.5. The lowest BCUT2D eigenvalue weighted by atomic mass is 9.51. The second-order valence-corrected chi connectivity index (χ2v) is 8.62. The van der Waals surface area contributed by atoms with Crippen molar-refractivity contribution in [1.29, 1.82) is 0 Å². The van der Waals surface area contributed by atoms with Crippen LogP contribution in [0.25, 0.3) is 0 Å². The van der Waals surface area contributed by atoms with Crippen LogP contribution in [0.5, 0.6) is 0 Å². The number of non-ortho nitro benzene ring substituents is 1. The number of ether oxygens (including phenoxy) is 1. The van der Waals surface area contributed by atoms with Crippen LogP contribution in [0.1, 0.15) is 31.7 Å². The van der Waals surface area contributed by atoms with Crippen LogP contribution in [0.2, 0.25) is 0 Å². The molecule has 0 unspecified atom stereocenters. The van der Waals surface area contributed by atoms with E-state index in [9.17, 15) is 14.9 Å². The van der Waals surface area contributed by atoms with E-state index in [0.717, 1.165) is 43.6 Å². The lowest BCUT2D eigenvalue weighted by Gasteiger charge is -2.57. The number of carbonyl (C=O) groups excluding carboxylic acids is 1. The van der Waals surface area contributed by atoms with E-state index in [0.29, 0.717) is 0 Å². The minimum atomic E-state index is -0.328. The lowest BCUT2D eigenvalue weighted by molar-refractivity contribution is -0.384. The van der Waals surface area contributed by atoms with Crippen molar-refractivity contribution in [3.8, 4) is 0 Å². The van der Waals surface area contributed by atoms with Crippen LogP contribution in [-0.2, 0) is 14.9 Å². The summed E-state index contributed by atoms with van der Waals surface area (Å²) in [6.45, 7) is 4.02. The summed E-state index contributed by atoms with van der Waals surface area (Å²) in [4.78, 5) is 26.5. The second kappa shape index (κ2) is 5.80. The minimum absolute atomic E-state index is 0.0990. The van der Waals surface area contributed by atoms with Crippen molar-refractivity contribution < 1.29 is 14.5 Å². The number of esters is 1. The molecule has 0 aromatic heterocycles. The van der Waals surface area contributed by atoms with Gasteiger partial charge in [0.25, 0.3) is 5.69 Å². The average Bonchev–Trinajstić information content (AvgIpc) is 3.27. The summed E-state index contributed by atoms with van der Waals surface area (Å²) in [5.74, 6) is -0.474. The van der Waals surface area contributed by atoms with E-state index in [-0.39, 0.29) is 45.4 Å². The fourth-order valence-corrected chi connectivity index (χ4v) is 6.73. The zero-order valence-electron chi connectivity index (χ0n) is 16.2. The first kappa shape index (κ1) is 17.7. The topological polar surface area (TPSA) is 84.7 Å². The number of nitrogens with one attached hydrogen (secondary N) is 1. The number of anilines is 1. The Bertz CT molecular complexity index is 900. The molecule has 1 saturated heterocycles. The van der Waals surface area contributed by atoms with E-state index < -0.39 is 0 Å². The average molecular weight is 383 g/mol. The number of benzene rings is 1. The highest BCUT2D eigenvalue weighted by molar-refractivity contribution is 5.78. The van der Waals surface area contributed by atoms with Gasteiger partial charge in [0.2, 0.25) is 0 Å².